The number of aromatic nitrogens is 2. The van der Waals surface area contributed by atoms with Crippen molar-refractivity contribution in [3.8, 4) is 12.1 Å². The van der Waals surface area contributed by atoms with Crippen molar-refractivity contribution < 1.29 is 22.3 Å². The van der Waals surface area contributed by atoms with Crippen LogP contribution in [0.15, 0.2) is 35.5 Å². The molecule has 2 atom stereocenters. The minimum Gasteiger partial charge on any atom is -0.461 e. The predicted octanol–water partition coefficient (Wildman–Crippen LogP) is 8.17. The first-order valence-corrected chi connectivity index (χ1v) is 17.7. The Morgan fingerprint density at radius 3 is 2.82 bits per heavy atom. The molecule has 2 fully saturated rings. The Balaban J connectivity index is 0.00000239. The van der Waals surface area contributed by atoms with E-state index in [0.29, 0.717) is 55.5 Å². The average molecular weight is 731 g/mol. The highest BCUT2D eigenvalue weighted by molar-refractivity contribution is 7.17. The minimum absolute atomic E-state index is 0.00780. The zero-order valence-electron chi connectivity index (χ0n) is 28.1. The second-order valence-corrected chi connectivity index (χ2v) is 13.8. The summed E-state index contributed by atoms with van der Waals surface area (Å²) < 4.78 is 64.7. The summed E-state index contributed by atoms with van der Waals surface area (Å²) in [5, 5.41) is 16.3. The van der Waals surface area contributed by atoms with E-state index in [1.165, 1.54) is 6.07 Å². The molecule has 0 saturated carbocycles. The van der Waals surface area contributed by atoms with Crippen molar-refractivity contribution >= 4 is 62.3 Å². The van der Waals surface area contributed by atoms with E-state index in [1.54, 1.807) is 0 Å². The number of hydrogen-bond acceptors (Lipinski definition) is 10. The van der Waals surface area contributed by atoms with E-state index in [1.807, 2.05) is 24.8 Å². The van der Waals surface area contributed by atoms with Crippen molar-refractivity contribution in [1.29, 1.82) is 5.26 Å². The molecule has 266 valence electrons. The van der Waals surface area contributed by atoms with E-state index in [2.05, 4.69) is 39.1 Å². The Labute approximate surface area is 297 Å². The van der Waals surface area contributed by atoms with Crippen LogP contribution in [0.1, 0.15) is 68.0 Å². The van der Waals surface area contributed by atoms with Crippen molar-refractivity contribution in [3.63, 3.8) is 0 Å². The van der Waals surface area contributed by atoms with Crippen LogP contribution in [0.2, 0.25) is 5.02 Å². The highest BCUT2D eigenvalue weighted by Gasteiger charge is 2.48. The zero-order chi connectivity index (χ0) is 36.2. The standard InChI is InChI=1S/C33H33ClF4N8OS.C2H6/c1-17-8-18(2)24-25-28(27(36)21(26(24)34)13-42-14-22(35)23-9-19(11-39)30(40)48-23)44-32(45-31(25)43-6-5-41-12-17)47-16-33-4-3-7-46(33)15-20(10-33)29(37)38;1-2/h9,13-14,17,41H,2-8,10,12,15-16,40H2,1H3,(H,43,44,45);1-2H3/b22-14+,42-13?;/t17-,33?;/m1./s1. The minimum atomic E-state index is -1.67. The van der Waals surface area contributed by atoms with E-state index >= 15 is 4.39 Å². The molecule has 0 spiro atoms. The number of ether oxygens (including phenoxy) is 1. The van der Waals surface area contributed by atoms with Gasteiger partial charge in [0.2, 0.25) is 0 Å². The number of nitrogen functional groups attached to an aromatic ring is 1. The van der Waals surface area contributed by atoms with Gasteiger partial charge in [-0.15, -0.1) is 11.3 Å². The van der Waals surface area contributed by atoms with Gasteiger partial charge in [0.15, 0.2) is 11.6 Å². The number of nitrogens with two attached hydrogens (primary N) is 1. The molecule has 1 aromatic carbocycles. The van der Waals surface area contributed by atoms with Crippen LogP contribution in [-0.4, -0.2) is 66.0 Å². The van der Waals surface area contributed by atoms with E-state index in [9.17, 15) is 13.2 Å². The Kier molecular flexibility index (Phi) is 11.8. The summed E-state index contributed by atoms with van der Waals surface area (Å²) in [4.78, 5) is 15.2. The summed E-state index contributed by atoms with van der Waals surface area (Å²) in [5.74, 6) is -1.16. The maximum absolute atomic E-state index is 16.5. The fourth-order valence-corrected chi connectivity index (χ4v) is 7.81. The van der Waals surface area contributed by atoms with Crippen LogP contribution in [0.4, 0.5) is 28.4 Å². The summed E-state index contributed by atoms with van der Waals surface area (Å²) in [6.07, 6.45) is 2.53. The molecule has 3 aliphatic heterocycles. The summed E-state index contributed by atoms with van der Waals surface area (Å²) in [7, 11) is 0. The number of nitrogens with one attached hydrogen (secondary N) is 2. The molecule has 5 heterocycles. The number of nitriles is 1. The van der Waals surface area contributed by atoms with Gasteiger partial charge >= 0.3 is 6.01 Å². The lowest BCUT2D eigenvalue weighted by molar-refractivity contribution is 0.108. The first-order chi connectivity index (χ1) is 24.0. The van der Waals surface area contributed by atoms with Crippen molar-refractivity contribution in [2.24, 2.45) is 10.9 Å². The monoisotopic (exact) mass is 730 g/mol. The SMILES string of the molecule is C=C1C[C@@H](C)CNCCNc2nc(OCC34CCCN3CC(=C(F)F)C4)nc3c(F)c(C=N/C=C(/F)c4cc(C#N)c(N)s4)c(Cl)c1c23.CC. The van der Waals surface area contributed by atoms with Gasteiger partial charge in [-0.25, -0.2) is 8.78 Å². The van der Waals surface area contributed by atoms with Crippen LogP contribution < -0.4 is 21.1 Å². The van der Waals surface area contributed by atoms with Gasteiger partial charge in [-0.1, -0.05) is 39.0 Å². The molecule has 15 heteroatoms. The molecule has 0 bridgehead atoms. The third-order valence-corrected chi connectivity index (χ3v) is 10.3. The van der Waals surface area contributed by atoms with Crippen LogP contribution in [0, 0.1) is 23.1 Å². The highest BCUT2D eigenvalue weighted by Crippen LogP contribution is 2.44. The third kappa shape index (κ3) is 7.51. The lowest BCUT2D eigenvalue weighted by Crippen LogP contribution is -2.43. The number of fused-ring (bicyclic) bond motifs is 1. The van der Waals surface area contributed by atoms with Crippen molar-refractivity contribution in [3.05, 3.63) is 62.9 Å². The average Bonchev–Trinajstić information content (AvgIpc) is 3.78. The molecule has 0 amide bonds. The van der Waals surface area contributed by atoms with Gasteiger partial charge in [0.25, 0.3) is 6.08 Å². The largest absolute Gasteiger partial charge is 0.461 e. The van der Waals surface area contributed by atoms with Gasteiger partial charge in [-0.2, -0.15) is 24.0 Å². The van der Waals surface area contributed by atoms with Gasteiger partial charge in [-0.3, -0.25) is 9.89 Å². The highest BCUT2D eigenvalue weighted by atomic mass is 35.5. The van der Waals surface area contributed by atoms with Gasteiger partial charge in [0, 0.05) is 37.0 Å². The first-order valence-electron chi connectivity index (χ1n) is 16.5. The molecule has 9 nitrogen and oxygen atoms in total. The van der Waals surface area contributed by atoms with Crippen LogP contribution in [0.5, 0.6) is 6.01 Å². The van der Waals surface area contributed by atoms with E-state index in [0.717, 1.165) is 30.2 Å². The molecule has 0 aliphatic carbocycles. The number of halogens is 5. The van der Waals surface area contributed by atoms with Gasteiger partial charge in [0.1, 0.15) is 29.0 Å². The van der Waals surface area contributed by atoms with Crippen LogP contribution in [-0.2, 0) is 0 Å². The molecule has 6 rings (SSSR count). The number of allylic oxidation sites excluding steroid dienone is 1. The van der Waals surface area contributed by atoms with Gasteiger partial charge in [-0.05, 0) is 56.3 Å². The quantitative estimate of drug-likeness (QED) is 0.171. The van der Waals surface area contributed by atoms with E-state index in [-0.39, 0.29) is 74.4 Å². The topological polar surface area (TPSA) is 124 Å². The molecule has 0 radical (unpaired) electrons. The molecular weight excluding hydrogens is 692 g/mol. The summed E-state index contributed by atoms with van der Waals surface area (Å²) >= 11 is 7.80. The molecule has 4 N–H and O–H groups in total. The Morgan fingerprint density at radius 1 is 1.32 bits per heavy atom. The molecule has 1 unspecified atom stereocenters. The fourth-order valence-electron chi connectivity index (χ4n) is 6.67. The molecule has 3 aliphatic rings. The number of aliphatic imine (C=N–C) groups is 1. The number of anilines is 2. The zero-order valence-corrected chi connectivity index (χ0v) is 29.7. The maximum Gasteiger partial charge on any atom is 0.319 e. The third-order valence-electron chi connectivity index (χ3n) is 8.98. The second-order valence-electron chi connectivity index (χ2n) is 12.4. The number of rotatable bonds is 6. The number of nitrogens with zero attached hydrogens (tertiary/aromatic N) is 5. The molecule has 2 saturated heterocycles. The summed E-state index contributed by atoms with van der Waals surface area (Å²) in [5.41, 5.74) is 6.17. The predicted molar refractivity (Wildman–Crippen MR) is 193 cm³/mol. The van der Waals surface area contributed by atoms with Crippen LogP contribution >= 0.6 is 22.9 Å². The van der Waals surface area contributed by atoms with E-state index in [4.69, 9.17) is 27.3 Å². The Bertz CT molecular complexity index is 1920. The number of thiophene rings is 1. The Morgan fingerprint density at radius 2 is 2.10 bits per heavy atom. The van der Waals surface area contributed by atoms with Crippen molar-refractivity contribution in [2.45, 2.75) is 52.0 Å². The number of benzene rings is 1. The lowest BCUT2D eigenvalue weighted by Gasteiger charge is -2.30. The maximum atomic E-state index is 16.5. The van der Waals surface area contributed by atoms with Crippen molar-refractivity contribution in [2.75, 3.05) is 50.4 Å². The molecule has 50 heavy (non-hydrogen) atoms. The van der Waals surface area contributed by atoms with Crippen LogP contribution in [0.25, 0.3) is 22.3 Å². The smallest absolute Gasteiger partial charge is 0.319 e. The van der Waals surface area contributed by atoms with Crippen LogP contribution in [0.3, 0.4) is 0 Å². The summed E-state index contributed by atoms with van der Waals surface area (Å²) in [6, 6.07) is 3.07. The normalized spacial score (nSPS) is 21.3. The van der Waals surface area contributed by atoms with Crippen molar-refractivity contribution in [1.82, 2.24) is 20.2 Å². The number of hydrogen-bond donors (Lipinski definition) is 3. The van der Waals surface area contributed by atoms with Gasteiger partial charge in [0.05, 0.1) is 38.2 Å². The lowest BCUT2D eigenvalue weighted by atomic mass is 9.92. The van der Waals surface area contributed by atoms with E-state index < -0.39 is 23.3 Å². The fraction of sp³-hybridized carbons (Fsp3) is 0.429. The molecule has 3 aromatic rings. The molecule has 2 aromatic heterocycles. The first kappa shape index (κ1) is 37.2. The second kappa shape index (κ2) is 15.9. The van der Waals surface area contributed by atoms with Gasteiger partial charge < -0.3 is 21.1 Å². The summed E-state index contributed by atoms with van der Waals surface area (Å²) in [6.45, 7) is 13.0. The molecular formula is C35H39ClF4N8OS. The Hall–Kier alpha value is -4.03.